The van der Waals surface area contributed by atoms with Gasteiger partial charge in [0, 0.05) is 22.7 Å². The van der Waals surface area contributed by atoms with Crippen molar-refractivity contribution in [2.24, 2.45) is 21.8 Å². The average molecular weight is 800 g/mol. The van der Waals surface area contributed by atoms with Gasteiger partial charge in [-0.1, -0.05) is 171 Å². The largest absolute Gasteiger partial charge is 0.292 e. The fraction of sp³-hybridized carbons (Fsp3) is 0.123. The molecule has 7 aromatic carbocycles. The molecular weight excluding hydrogens is 755 g/mol. The predicted octanol–water partition coefficient (Wildman–Crippen LogP) is 13.7. The summed E-state index contributed by atoms with van der Waals surface area (Å²) in [6, 6.07) is 63.7. The van der Waals surface area contributed by atoms with Gasteiger partial charge >= 0.3 is 0 Å². The van der Waals surface area contributed by atoms with Crippen LogP contribution in [-0.4, -0.2) is 27.1 Å². The Morgan fingerprint density at radius 2 is 1.26 bits per heavy atom. The number of nitrogens with zero attached hydrogens (tertiary/aromatic N) is 5. The minimum Gasteiger partial charge on any atom is -0.292 e. The number of hydrogen-bond donors (Lipinski definition) is 0. The molecule has 0 N–H and O–H groups in total. The van der Waals surface area contributed by atoms with Crippen molar-refractivity contribution in [3.63, 3.8) is 0 Å². The molecule has 5 nitrogen and oxygen atoms in total. The Morgan fingerprint density at radius 1 is 0.597 bits per heavy atom. The molecule has 10 rings (SSSR count). The van der Waals surface area contributed by atoms with Gasteiger partial charge in [-0.2, -0.15) is 5.26 Å². The van der Waals surface area contributed by atoms with Gasteiger partial charge in [-0.15, -0.1) is 0 Å². The fourth-order valence-corrected chi connectivity index (χ4v) is 9.06. The van der Waals surface area contributed by atoms with Crippen molar-refractivity contribution in [2.45, 2.75) is 32.2 Å². The first-order chi connectivity index (χ1) is 30.6. The Kier molecular flexibility index (Phi) is 10.6. The van der Waals surface area contributed by atoms with E-state index in [-0.39, 0.29) is 6.04 Å². The second-order valence-electron chi connectivity index (χ2n) is 16.3. The molecule has 5 heteroatoms. The van der Waals surface area contributed by atoms with E-state index in [2.05, 4.69) is 175 Å². The number of benzene rings is 7. The molecule has 0 radical (unpaired) electrons. The lowest BCUT2D eigenvalue weighted by Gasteiger charge is -2.29. The molecule has 3 atom stereocenters. The highest BCUT2D eigenvalue weighted by Gasteiger charge is 2.28. The Balaban J connectivity index is 1.05. The van der Waals surface area contributed by atoms with Gasteiger partial charge in [0.15, 0.2) is 5.84 Å². The van der Waals surface area contributed by atoms with Crippen LogP contribution in [0, 0.1) is 23.2 Å². The molecule has 0 saturated heterocycles. The van der Waals surface area contributed by atoms with Gasteiger partial charge in [-0.3, -0.25) is 9.56 Å². The van der Waals surface area contributed by atoms with Gasteiger partial charge < -0.3 is 0 Å². The summed E-state index contributed by atoms with van der Waals surface area (Å²) in [7, 11) is 0. The molecule has 1 aliphatic carbocycles. The van der Waals surface area contributed by atoms with E-state index < -0.39 is 0 Å². The molecule has 62 heavy (non-hydrogen) atoms. The van der Waals surface area contributed by atoms with E-state index in [1.165, 1.54) is 0 Å². The maximum absolute atomic E-state index is 10.1. The number of rotatable bonds is 8. The standard InChI is InChI=1S/C57H45N5/c1-39-25-36-52(59-56(44-17-7-3-8-18-44)61-55(39)43-15-5-2-6-16-43)42-28-26-41(27-29-42)51-37-46(49-22-12-11-21-47(49)38-58)32-35-50(51)40-30-33-48(34-31-40)62-54-24-14-13-23-53(54)60-57(62)45-19-9-4-10-20-45/h2-15,17-24,26-35,37,39,43,55H,16,25,36H2,1H3/b59-52+,61-56-. The van der Waals surface area contributed by atoms with Crippen molar-refractivity contribution in [3.8, 4) is 56.5 Å². The van der Waals surface area contributed by atoms with Crippen LogP contribution in [0.25, 0.3) is 61.5 Å². The Morgan fingerprint density at radius 3 is 2.02 bits per heavy atom. The first kappa shape index (κ1) is 38.5. The van der Waals surface area contributed by atoms with Crippen molar-refractivity contribution in [1.82, 2.24) is 9.55 Å². The van der Waals surface area contributed by atoms with Gasteiger partial charge in [0.2, 0.25) is 0 Å². The number of para-hydroxylation sites is 2. The Labute approximate surface area is 363 Å². The number of imidazole rings is 1. The second-order valence-corrected chi connectivity index (χ2v) is 16.3. The number of hydrogen-bond acceptors (Lipinski definition) is 4. The third-order valence-corrected chi connectivity index (χ3v) is 12.4. The third kappa shape index (κ3) is 7.64. The second kappa shape index (κ2) is 17.1. The molecule has 1 aromatic heterocycles. The highest BCUT2D eigenvalue weighted by Crippen LogP contribution is 2.39. The molecular formula is C57H45N5. The lowest BCUT2D eigenvalue weighted by Crippen LogP contribution is -2.29. The molecule has 2 aliphatic rings. The van der Waals surface area contributed by atoms with Crippen LogP contribution in [0.5, 0.6) is 0 Å². The van der Waals surface area contributed by atoms with Crippen molar-refractivity contribution < 1.29 is 0 Å². The van der Waals surface area contributed by atoms with E-state index in [4.69, 9.17) is 15.0 Å². The maximum atomic E-state index is 10.1. The molecule has 0 amide bonds. The zero-order valence-corrected chi connectivity index (χ0v) is 34.6. The van der Waals surface area contributed by atoms with Crippen molar-refractivity contribution in [2.75, 3.05) is 0 Å². The van der Waals surface area contributed by atoms with E-state index in [1.54, 1.807) is 0 Å². The first-order valence-electron chi connectivity index (χ1n) is 21.5. The third-order valence-electron chi connectivity index (χ3n) is 12.4. The summed E-state index contributed by atoms with van der Waals surface area (Å²) in [6.07, 6.45) is 11.7. The smallest absolute Gasteiger partial charge is 0.155 e. The molecule has 0 fully saturated rings. The molecule has 3 unspecified atom stereocenters. The van der Waals surface area contributed by atoms with E-state index in [0.717, 1.165) is 103 Å². The minimum atomic E-state index is 0.162. The maximum Gasteiger partial charge on any atom is 0.155 e. The number of aromatic nitrogens is 2. The number of fused-ring (bicyclic) bond motifs is 1. The molecule has 0 saturated carbocycles. The van der Waals surface area contributed by atoms with E-state index >= 15 is 0 Å². The highest BCUT2D eigenvalue weighted by atomic mass is 15.1. The van der Waals surface area contributed by atoms with E-state index in [0.29, 0.717) is 17.4 Å². The summed E-state index contributed by atoms with van der Waals surface area (Å²) in [6.45, 7) is 2.35. The van der Waals surface area contributed by atoms with Gasteiger partial charge in [-0.05, 0) is 101 Å². The summed E-state index contributed by atoms with van der Waals surface area (Å²) < 4.78 is 2.24. The SMILES string of the molecule is CC1CC/C(c2ccc(-c3cc(-c4ccccc4C#N)ccc3-c3ccc(-n4c(-c5ccccc5)nc5ccccc54)cc3)cc2)=N\C(c2ccccc2)=N/C1C1C=CC=CC1. The molecule has 2 heterocycles. The Hall–Kier alpha value is -7.68. The molecule has 0 spiro atoms. The molecule has 0 bridgehead atoms. The summed E-state index contributed by atoms with van der Waals surface area (Å²) in [5, 5.41) is 10.1. The monoisotopic (exact) mass is 799 g/mol. The van der Waals surface area contributed by atoms with Crippen LogP contribution >= 0.6 is 0 Å². The fourth-order valence-electron chi connectivity index (χ4n) is 9.06. The lowest BCUT2D eigenvalue weighted by molar-refractivity contribution is 0.358. The molecule has 1 aliphatic heterocycles. The number of amidine groups is 1. The number of nitriles is 1. The lowest BCUT2D eigenvalue weighted by atomic mass is 9.82. The van der Waals surface area contributed by atoms with Gasteiger partial charge in [-0.25, -0.2) is 9.98 Å². The average Bonchev–Trinajstić information content (AvgIpc) is 3.74. The van der Waals surface area contributed by atoms with Crippen molar-refractivity contribution >= 4 is 22.6 Å². The zero-order chi connectivity index (χ0) is 41.8. The van der Waals surface area contributed by atoms with Crippen LogP contribution in [-0.2, 0) is 0 Å². The summed E-state index contributed by atoms with van der Waals surface area (Å²) in [5.41, 5.74) is 14.3. The zero-order valence-electron chi connectivity index (χ0n) is 34.6. The quantitative estimate of drug-likeness (QED) is 0.154. The van der Waals surface area contributed by atoms with Crippen LogP contribution in [0.2, 0.25) is 0 Å². The van der Waals surface area contributed by atoms with Crippen LogP contribution in [0.15, 0.2) is 210 Å². The summed E-state index contributed by atoms with van der Waals surface area (Å²) >= 11 is 0. The van der Waals surface area contributed by atoms with Crippen LogP contribution in [0.1, 0.15) is 42.9 Å². The predicted molar refractivity (Wildman–Crippen MR) is 256 cm³/mol. The molecule has 8 aromatic rings. The highest BCUT2D eigenvalue weighted by molar-refractivity contribution is 6.12. The van der Waals surface area contributed by atoms with Crippen LogP contribution in [0.3, 0.4) is 0 Å². The van der Waals surface area contributed by atoms with Crippen LogP contribution in [0.4, 0.5) is 0 Å². The van der Waals surface area contributed by atoms with Gasteiger partial charge in [0.05, 0.1) is 34.4 Å². The number of aliphatic imine (C=N–C) groups is 2. The van der Waals surface area contributed by atoms with E-state index in [1.807, 2.05) is 42.5 Å². The van der Waals surface area contributed by atoms with Crippen molar-refractivity contribution in [3.05, 3.63) is 217 Å². The normalized spacial score (nSPS) is 19.1. The molecule has 298 valence electrons. The van der Waals surface area contributed by atoms with Crippen molar-refractivity contribution in [1.29, 1.82) is 5.26 Å². The minimum absolute atomic E-state index is 0.162. The van der Waals surface area contributed by atoms with Gasteiger partial charge in [0.25, 0.3) is 0 Å². The Bertz CT molecular complexity index is 3050. The van der Waals surface area contributed by atoms with Crippen LogP contribution < -0.4 is 0 Å². The summed E-state index contributed by atoms with van der Waals surface area (Å²) in [4.78, 5) is 15.8. The first-order valence-corrected chi connectivity index (χ1v) is 21.5. The van der Waals surface area contributed by atoms with E-state index in [9.17, 15) is 5.26 Å². The topological polar surface area (TPSA) is 66.3 Å². The number of allylic oxidation sites excluding steroid dienone is 3. The van der Waals surface area contributed by atoms with Gasteiger partial charge in [0.1, 0.15) is 5.82 Å². The summed E-state index contributed by atoms with van der Waals surface area (Å²) in [5.74, 6) is 2.47.